The fourth-order valence-corrected chi connectivity index (χ4v) is 5.25. The minimum Gasteiger partial charge on any atom is -0.389 e. The first-order valence-electron chi connectivity index (χ1n) is 11.7. The van der Waals surface area contributed by atoms with Crippen molar-refractivity contribution in [3.8, 4) is 0 Å². The van der Waals surface area contributed by atoms with Crippen molar-refractivity contribution in [3.05, 3.63) is 35.9 Å². The number of likely N-dealkylation sites (tertiary alicyclic amines) is 1. The highest BCUT2D eigenvalue weighted by Gasteiger charge is 2.37. The van der Waals surface area contributed by atoms with Crippen molar-refractivity contribution >= 4 is 0 Å². The number of hydrogen-bond acceptors (Lipinski definition) is 2. The first kappa shape index (κ1) is 20.9. The number of piperidine rings is 1. The van der Waals surface area contributed by atoms with Gasteiger partial charge in [-0.2, -0.15) is 0 Å². The maximum atomic E-state index is 12.0. The van der Waals surface area contributed by atoms with Crippen LogP contribution in [-0.2, 0) is 6.42 Å². The van der Waals surface area contributed by atoms with Gasteiger partial charge in [-0.25, -0.2) is 0 Å². The third-order valence-electron chi connectivity index (χ3n) is 6.95. The Kier molecular flexibility index (Phi) is 8.67. The lowest BCUT2D eigenvalue weighted by molar-refractivity contribution is -0.0462. The van der Waals surface area contributed by atoms with Gasteiger partial charge in [0, 0.05) is 18.9 Å². The summed E-state index contributed by atoms with van der Waals surface area (Å²) in [6.07, 6.45) is 17.7. The largest absolute Gasteiger partial charge is 0.389 e. The SMILES string of the molecule is OC1(Cc2ccccc2)CCCCCCCCCCC1CN1CCCCC1. The molecule has 0 radical (unpaired) electrons. The van der Waals surface area contributed by atoms with Gasteiger partial charge < -0.3 is 10.0 Å². The highest BCUT2D eigenvalue weighted by atomic mass is 16.3. The Labute approximate surface area is 167 Å². The quantitative estimate of drug-likeness (QED) is 0.704. The molecule has 1 heterocycles. The van der Waals surface area contributed by atoms with E-state index in [1.54, 1.807) is 0 Å². The van der Waals surface area contributed by atoms with E-state index in [0.29, 0.717) is 5.92 Å². The molecule has 0 amide bonds. The minimum atomic E-state index is -0.544. The van der Waals surface area contributed by atoms with Gasteiger partial charge in [0.2, 0.25) is 0 Å². The molecular formula is C25H41NO. The van der Waals surface area contributed by atoms with Crippen LogP contribution in [0.4, 0.5) is 0 Å². The lowest BCUT2D eigenvalue weighted by Crippen LogP contribution is -2.47. The third-order valence-corrected chi connectivity index (χ3v) is 6.95. The highest BCUT2D eigenvalue weighted by Crippen LogP contribution is 2.34. The average Bonchev–Trinajstić information content (AvgIpc) is 2.69. The number of aliphatic hydroxyl groups is 1. The van der Waals surface area contributed by atoms with Crippen LogP contribution in [0.2, 0.25) is 0 Å². The van der Waals surface area contributed by atoms with Gasteiger partial charge in [0.1, 0.15) is 0 Å². The molecule has 2 atom stereocenters. The van der Waals surface area contributed by atoms with E-state index in [9.17, 15) is 5.11 Å². The van der Waals surface area contributed by atoms with Gasteiger partial charge in [-0.1, -0.05) is 88.1 Å². The summed E-state index contributed by atoms with van der Waals surface area (Å²) in [5, 5.41) is 12.0. The van der Waals surface area contributed by atoms with Crippen molar-refractivity contribution < 1.29 is 5.11 Å². The Morgan fingerprint density at radius 1 is 0.778 bits per heavy atom. The topological polar surface area (TPSA) is 23.5 Å². The molecule has 0 spiro atoms. The monoisotopic (exact) mass is 371 g/mol. The summed E-state index contributed by atoms with van der Waals surface area (Å²) < 4.78 is 0. The van der Waals surface area contributed by atoms with Gasteiger partial charge in [-0.3, -0.25) is 0 Å². The maximum Gasteiger partial charge on any atom is 0.0728 e. The van der Waals surface area contributed by atoms with Crippen LogP contribution in [0.3, 0.4) is 0 Å². The van der Waals surface area contributed by atoms with Gasteiger partial charge in [0.25, 0.3) is 0 Å². The molecule has 1 N–H and O–H groups in total. The second-order valence-corrected chi connectivity index (χ2v) is 9.19. The Morgan fingerprint density at radius 2 is 1.37 bits per heavy atom. The van der Waals surface area contributed by atoms with E-state index in [1.165, 1.54) is 95.7 Å². The normalized spacial score (nSPS) is 29.6. The van der Waals surface area contributed by atoms with E-state index < -0.39 is 5.60 Å². The fourth-order valence-electron chi connectivity index (χ4n) is 5.25. The van der Waals surface area contributed by atoms with Crippen molar-refractivity contribution in [1.29, 1.82) is 0 Å². The molecule has 2 unspecified atom stereocenters. The van der Waals surface area contributed by atoms with Crippen molar-refractivity contribution in [3.63, 3.8) is 0 Å². The molecule has 0 aromatic heterocycles. The molecule has 1 aromatic rings. The van der Waals surface area contributed by atoms with Crippen LogP contribution in [0, 0.1) is 5.92 Å². The Hall–Kier alpha value is -0.860. The number of rotatable bonds is 4. The second kappa shape index (κ2) is 11.2. The van der Waals surface area contributed by atoms with Crippen LogP contribution in [0.25, 0.3) is 0 Å². The molecule has 1 aliphatic carbocycles. The zero-order valence-corrected chi connectivity index (χ0v) is 17.4. The van der Waals surface area contributed by atoms with Gasteiger partial charge in [-0.15, -0.1) is 0 Å². The lowest BCUT2D eigenvalue weighted by Gasteiger charge is -2.41. The summed E-state index contributed by atoms with van der Waals surface area (Å²) in [5.74, 6) is 0.412. The lowest BCUT2D eigenvalue weighted by atomic mass is 9.75. The maximum absolute atomic E-state index is 12.0. The zero-order chi connectivity index (χ0) is 18.8. The van der Waals surface area contributed by atoms with Crippen LogP contribution in [0.1, 0.15) is 89.0 Å². The van der Waals surface area contributed by atoms with Gasteiger partial charge in [-0.05, 0) is 44.3 Å². The first-order valence-corrected chi connectivity index (χ1v) is 11.7. The second-order valence-electron chi connectivity index (χ2n) is 9.19. The van der Waals surface area contributed by atoms with Gasteiger partial charge in [0.05, 0.1) is 5.60 Å². The third kappa shape index (κ3) is 6.91. The highest BCUT2D eigenvalue weighted by molar-refractivity contribution is 5.17. The fraction of sp³-hybridized carbons (Fsp3) is 0.760. The van der Waals surface area contributed by atoms with Gasteiger partial charge in [0.15, 0.2) is 0 Å². The van der Waals surface area contributed by atoms with E-state index >= 15 is 0 Å². The number of benzene rings is 1. The van der Waals surface area contributed by atoms with Crippen molar-refractivity contribution in [1.82, 2.24) is 4.90 Å². The smallest absolute Gasteiger partial charge is 0.0728 e. The van der Waals surface area contributed by atoms with Gasteiger partial charge >= 0.3 is 0 Å². The number of nitrogens with zero attached hydrogens (tertiary/aromatic N) is 1. The van der Waals surface area contributed by atoms with Crippen molar-refractivity contribution in [2.45, 2.75) is 95.5 Å². The zero-order valence-electron chi connectivity index (χ0n) is 17.4. The molecular weight excluding hydrogens is 330 g/mol. The molecule has 3 rings (SSSR count). The Bertz CT molecular complexity index is 510. The first-order chi connectivity index (χ1) is 13.3. The summed E-state index contributed by atoms with van der Waals surface area (Å²) in [4.78, 5) is 2.65. The van der Waals surface area contributed by atoms with Crippen LogP contribution < -0.4 is 0 Å². The van der Waals surface area contributed by atoms with Crippen LogP contribution >= 0.6 is 0 Å². The van der Waals surface area contributed by atoms with Crippen LogP contribution in [-0.4, -0.2) is 35.2 Å². The van der Waals surface area contributed by atoms with Crippen LogP contribution in [0.15, 0.2) is 30.3 Å². The molecule has 1 saturated carbocycles. The molecule has 152 valence electrons. The Balaban J connectivity index is 1.74. The summed E-state index contributed by atoms with van der Waals surface area (Å²) >= 11 is 0. The molecule has 2 aliphatic rings. The Morgan fingerprint density at radius 3 is 2.07 bits per heavy atom. The standard InChI is InChI=1S/C25H41NO/c27-25(21-23-15-9-7-10-16-23)18-12-6-4-2-1-3-5-11-17-24(25)22-26-19-13-8-14-20-26/h7,9-10,15-16,24,27H,1-6,8,11-14,17-22H2. The molecule has 2 heteroatoms. The molecule has 1 aromatic carbocycles. The van der Waals surface area contributed by atoms with Crippen molar-refractivity contribution in [2.75, 3.05) is 19.6 Å². The van der Waals surface area contributed by atoms with Crippen molar-refractivity contribution in [2.24, 2.45) is 5.92 Å². The predicted octanol–water partition coefficient (Wildman–Crippen LogP) is 5.98. The molecule has 27 heavy (non-hydrogen) atoms. The molecule has 2 fully saturated rings. The summed E-state index contributed by atoms with van der Waals surface area (Å²) in [6.45, 7) is 3.57. The number of hydrogen-bond donors (Lipinski definition) is 1. The predicted molar refractivity (Wildman–Crippen MR) is 115 cm³/mol. The van der Waals surface area contributed by atoms with E-state index in [0.717, 1.165) is 19.4 Å². The molecule has 0 bridgehead atoms. The summed E-state index contributed by atoms with van der Waals surface area (Å²) in [5.41, 5.74) is 0.758. The van der Waals surface area contributed by atoms with E-state index in [-0.39, 0.29) is 0 Å². The molecule has 1 saturated heterocycles. The minimum absolute atomic E-state index is 0.412. The van der Waals surface area contributed by atoms with E-state index in [2.05, 4.69) is 35.2 Å². The van der Waals surface area contributed by atoms with Crippen LogP contribution in [0.5, 0.6) is 0 Å². The molecule has 1 aliphatic heterocycles. The summed E-state index contributed by atoms with van der Waals surface area (Å²) in [6, 6.07) is 10.7. The summed E-state index contributed by atoms with van der Waals surface area (Å²) in [7, 11) is 0. The average molecular weight is 372 g/mol. The molecule has 2 nitrogen and oxygen atoms in total. The van der Waals surface area contributed by atoms with E-state index in [1.807, 2.05) is 0 Å². The van der Waals surface area contributed by atoms with E-state index in [4.69, 9.17) is 0 Å².